The number of methoxy groups -OCH3 is 1. The van der Waals surface area contributed by atoms with Crippen molar-refractivity contribution in [2.45, 2.75) is 44.4 Å². The fraction of sp³-hybridized carbons (Fsp3) is 0.364. The van der Waals surface area contributed by atoms with Gasteiger partial charge in [0.15, 0.2) is 0 Å². The molecule has 0 spiro atoms. The predicted octanol–water partition coefficient (Wildman–Crippen LogP) is 3.97. The monoisotopic (exact) mass is 455 g/mol. The Morgan fingerprint density at radius 2 is 1.93 bits per heavy atom. The molecule has 0 unspecified atom stereocenters. The van der Waals surface area contributed by atoms with E-state index in [4.69, 9.17) is 4.74 Å². The molecule has 0 atom stereocenters. The first kappa shape index (κ1) is 19.7. The zero-order chi connectivity index (χ0) is 20.5. The molecule has 6 nitrogen and oxygen atoms in total. The van der Waals surface area contributed by atoms with Gasteiger partial charge in [0.25, 0.3) is 0 Å². The molecule has 1 fully saturated rings. The zero-order valence-electron chi connectivity index (χ0n) is 16.1. The third-order valence-corrected chi connectivity index (χ3v) is 6.30. The first-order valence-corrected chi connectivity index (χ1v) is 10.5. The summed E-state index contributed by atoms with van der Waals surface area (Å²) >= 11 is 3.50. The molecule has 1 aromatic heterocycles. The highest BCUT2D eigenvalue weighted by molar-refractivity contribution is 9.10. The molecule has 0 saturated heterocycles. The maximum absolute atomic E-state index is 13.4. The number of nitriles is 1. The number of rotatable bonds is 4. The van der Waals surface area contributed by atoms with Crippen LogP contribution in [-0.4, -0.2) is 27.5 Å². The van der Waals surface area contributed by atoms with Gasteiger partial charge in [0, 0.05) is 6.04 Å². The maximum Gasteiger partial charge on any atom is 0.329 e. The highest BCUT2D eigenvalue weighted by atomic mass is 79.9. The molecule has 150 valence electrons. The number of aromatic nitrogens is 2. The van der Waals surface area contributed by atoms with Gasteiger partial charge < -0.3 is 9.84 Å². The normalized spacial score (nSPS) is 19.2. The van der Waals surface area contributed by atoms with E-state index in [0.717, 1.165) is 39.7 Å². The molecular formula is C22H22BrN3O3. The van der Waals surface area contributed by atoms with E-state index in [2.05, 4.69) is 22.0 Å². The average molecular weight is 456 g/mol. The number of hydrogen-bond donors (Lipinski definition) is 1. The molecule has 1 saturated carbocycles. The molecule has 1 aliphatic rings. The number of halogens is 1. The lowest BCUT2D eigenvalue weighted by Gasteiger charge is -2.26. The number of aliphatic hydroxyl groups is 1. The van der Waals surface area contributed by atoms with Crippen LogP contribution < -0.4 is 10.4 Å². The van der Waals surface area contributed by atoms with Crippen LogP contribution in [0, 0.1) is 11.3 Å². The van der Waals surface area contributed by atoms with Crippen molar-refractivity contribution in [2.75, 3.05) is 7.11 Å². The van der Waals surface area contributed by atoms with Crippen molar-refractivity contribution in [3.63, 3.8) is 0 Å². The van der Waals surface area contributed by atoms with E-state index in [1.54, 1.807) is 23.8 Å². The summed E-state index contributed by atoms with van der Waals surface area (Å²) in [6.45, 7) is 0.398. The van der Waals surface area contributed by atoms with E-state index in [9.17, 15) is 15.2 Å². The molecule has 3 aromatic rings. The highest BCUT2D eigenvalue weighted by Gasteiger charge is 2.25. The molecule has 0 bridgehead atoms. The maximum atomic E-state index is 13.4. The molecule has 0 radical (unpaired) electrons. The minimum absolute atomic E-state index is 0.0604. The molecule has 0 aliphatic heterocycles. The van der Waals surface area contributed by atoms with Crippen molar-refractivity contribution in [1.82, 2.24) is 9.13 Å². The van der Waals surface area contributed by atoms with Gasteiger partial charge in [0.2, 0.25) is 0 Å². The van der Waals surface area contributed by atoms with Crippen molar-refractivity contribution in [1.29, 1.82) is 5.26 Å². The lowest BCUT2D eigenvalue weighted by Crippen LogP contribution is -2.31. The molecule has 2 aromatic carbocycles. The Morgan fingerprint density at radius 1 is 1.17 bits per heavy atom. The van der Waals surface area contributed by atoms with Crippen LogP contribution in [0.15, 0.2) is 45.7 Å². The van der Waals surface area contributed by atoms with Gasteiger partial charge >= 0.3 is 5.69 Å². The first-order chi connectivity index (χ1) is 14.0. The second-order valence-electron chi connectivity index (χ2n) is 7.49. The van der Waals surface area contributed by atoms with Crippen LogP contribution in [0.2, 0.25) is 0 Å². The number of hydrogen-bond acceptors (Lipinski definition) is 4. The summed E-state index contributed by atoms with van der Waals surface area (Å²) in [5, 5.41) is 19.2. The SMILES string of the molecule is COc1ccc(Cn2c(=O)n(C3CCC(O)CC3)c3ccc(C#N)cc32)cc1Br. The largest absolute Gasteiger partial charge is 0.496 e. The van der Waals surface area contributed by atoms with Crippen LogP contribution in [0.1, 0.15) is 42.9 Å². The quantitative estimate of drug-likeness (QED) is 0.645. The number of imidazole rings is 1. The van der Waals surface area contributed by atoms with Crippen LogP contribution in [0.5, 0.6) is 5.75 Å². The van der Waals surface area contributed by atoms with Gasteiger partial charge in [0.1, 0.15) is 5.75 Å². The van der Waals surface area contributed by atoms with Gasteiger partial charge in [-0.15, -0.1) is 0 Å². The molecule has 29 heavy (non-hydrogen) atoms. The van der Waals surface area contributed by atoms with E-state index in [-0.39, 0.29) is 17.8 Å². The Labute approximate surface area is 177 Å². The van der Waals surface area contributed by atoms with Gasteiger partial charge in [-0.25, -0.2) is 4.79 Å². The highest BCUT2D eigenvalue weighted by Crippen LogP contribution is 2.31. The van der Waals surface area contributed by atoms with Gasteiger partial charge in [-0.2, -0.15) is 5.26 Å². The lowest BCUT2D eigenvalue weighted by atomic mass is 9.93. The molecule has 7 heteroatoms. The summed E-state index contributed by atoms with van der Waals surface area (Å²) in [6, 6.07) is 13.4. The van der Waals surface area contributed by atoms with Crippen molar-refractivity contribution in [2.24, 2.45) is 0 Å². The Morgan fingerprint density at radius 3 is 2.59 bits per heavy atom. The molecule has 1 N–H and O–H groups in total. The third kappa shape index (κ3) is 3.70. The van der Waals surface area contributed by atoms with Crippen molar-refractivity contribution < 1.29 is 9.84 Å². The van der Waals surface area contributed by atoms with E-state index >= 15 is 0 Å². The Balaban J connectivity index is 1.82. The summed E-state index contributed by atoms with van der Waals surface area (Å²) in [7, 11) is 1.61. The fourth-order valence-electron chi connectivity index (χ4n) is 4.16. The van der Waals surface area contributed by atoms with E-state index < -0.39 is 0 Å². The van der Waals surface area contributed by atoms with Gasteiger partial charge in [-0.05, 0) is 77.5 Å². The smallest absolute Gasteiger partial charge is 0.329 e. The van der Waals surface area contributed by atoms with Crippen LogP contribution in [0.3, 0.4) is 0 Å². The second-order valence-corrected chi connectivity index (χ2v) is 8.34. The number of nitrogens with zero attached hydrogens (tertiary/aromatic N) is 3. The van der Waals surface area contributed by atoms with Crippen molar-refractivity contribution in [3.05, 3.63) is 62.5 Å². The average Bonchev–Trinajstić information content (AvgIpc) is 3.00. The van der Waals surface area contributed by atoms with Gasteiger partial charge in [-0.1, -0.05) is 6.07 Å². The van der Waals surface area contributed by atoms with E-state index in [1.165, 1.54) is 0 Å². The van der Waals surface area contributed by atoms with Gasteiger partial charge in [0.05, 0.1) is 46.9 Å². The van der Waals surface area contributed by atoms with Gasteiger partial charge in [-0.3, -0.25) is 9.13 Å². The van der Waals surface area contributed by atoms with E-state index in [1.807, 2.05) is 28.8 Å². The van der Waals surface area contributed by atoms with Crippen LogP contribution in [0.25, 0.3) is 11.0 Å². The van der Waals surface area contributed by atoms with Crippen LogP contribution in [0.4, 0.5) is 0 Å². The Kier molecular flexibility index (Phi) is 5.48. The Hall–Kier alpha value is -2.56. The topological polar surface area (TPSA) is 80.2 Å². The summed E-state index contributed by atoms with van der Waals surface area (Å²) in [5.41, 5.74) is 3.00. The molecule has 0 amide bonds. The minimum Gasteiger partial charge on any atom is -0.496 e. The summed E-state index contributed by atoms with van der Waals surface area (Å²) < 4.78 is 9.70. The number of aliphatic hydroxyl groups excluding tert-OH is 1. The summed E-state index contributed by atoms with van der Waals surface area (Å²) in [4.78, 5) is 13.4. The molecule has 1 heterocycles. The van der Waals surface area contributed by atoms with E-state index in [0.29, 0.717) is 24.9 Å². The first-order valence-electron chi connectivity index (χ1n) is 9.67. The number of benzene rings is 2. The van der Waals surface area contributed by atoms with Crippen molar-refractivity contribution in [3.8, 4) is 11.8 Å². The van der Waals surface area contributed by atoms with Crippen LogP contribution in [-0.2, 0) is 6.54 Å². The lowest BCUT2D eigenvalue weighted by molar-refractivity contribution is 0.110. The number of fused-ring (bicyclic) bond motifs is 1. The molecule has 4 rings (SSSR count). The molecular weight excluding hydrogens is 434 g/mol. The Bertz CT molecular complexity index is 1150. The van der Waals surface area contributed by atoms with Crippen molar-refractivity contribution >= 4 is 27.0 Å². The second kappa shape index (κ2) is 8.05. The summed E-state index contributed by atoms with van der Waals surface area (Å²) in [5.74, 6) is 0.732. The number of ether oxygens (including phenoxy) is 1. The van der Waals surface area contributed by atoms with Crippen LogP contribution >= 0.6 is 15.9 Å². The molecule has 1 aliphatic carbocycles. The fourth-order valence-corrected chi connectivity index (χ4v) is 4.75. The zero-order valence-corrected chi connectivity index (χ0v) is 17.7. The minimum atomic E-state index is -0.280. The standard InChI is InChI=1S/C22H22BrN3O3/c1-29-21-9-3-15(10-18(21)23)13-25-20-11-14(12-24)2-8-19(20)26(22(25)28)16-4-6-17(27)7-5-16/h2-3,8-11,16-17,27H,4-7,13H2,1H3. The summed E-state index contributed by atoms with van der Waals surface area (Å²) in [6.07, 6.45) is 2.66. The third-order valence-electron chi connectivity index (χ3n) is 5.68. The predicted molar refractivity (Wildman–Crippen MR) is 114 cm³/mol.